The summed E-state index contributed by atoms with van der Waals surface area (Å²) >= 11 is 0. The van der Waals surface area contributed by atoms with E-state index in [1.54, 1.807) is 0 Å². The summed E-state index contributed by atoms with van der Waals surface area (Å²) in [6.07, 6.45) is 1.39. The second-order valence-corrected chi connectivity index (χ2v) is 6.03. The first-order valence-electron chi connectivity index (χ1n) is 6.84. The van der Waals surface area contributed by atoms with Gasteiger partial charge < -0.3 is 10.6 Å². The van der Waals surface area contributed by atoms with Crippen molar-refractivity contribution in [3.63, 3.8) is 0 Å². The quantitative estimate of drug-likeness (QED) is 0.617. The van der Waals surface area contributed by atoms with Crippen LogP contribution in [0.25, 0.3) is 0 Å². The molecule has 4 heteroatoms. The van der Waals surface area contributed by atoms with Gasteiger partial charge in [0, 0.05) is 32.2 Å². The Morgan fingerprint density at radius 2 is 1.50 bits per heavy atom. The maximum atomic E-state index is 3.64. The van der Waals surface area contributed by atoms with Crippen molar-refractivity contribution >= 4 is 0 Å². The van der Waals surface area contributed by atoms with Crippen LogP contribution in [0, 0.1) is 17.8 Å². The van der Waals surface area contributed by atoms with Crippen molar-refractivity contribution in [2.24, 2.45) is 17.8 Å². The third kappa shape index (κ3) is 1.44. The first-order chi connectivity index (χ1) is 7.90. The molecule has 0 spiro atoms. The Hall–Kier alpha value is -0.160. The number of nitrogens with one attached hydrogen (secondary N) is 2. The summed E-state index contributed by atoms with van der Waals surface area (Å²) in [7, 11) is 0. The number of rotatable bonds is 1. The van der Waals surface area contributed by atoms with Crippen LogP contribution in [0.3, 0.4) is 0 Å². The van der Waals surface area contributed by atoms with Crippen molar-refractivity contribution in [3.8, 4) is 0 Å². The number of fused-ring (bicyclic) bond motifs is 2. The van der Waals surface area contributed by atoms with Crippen molar-refractivity contribution in [2.75, 3.05) is 45.8 Å². The summed E-state index contributed by atoms with van der Waals surface area (Å²) in [6.45, 7) is 8.93. The van der Waals surface area contributed by atoms with Crippen LogP contribution in [-0.4, -0.2) is 61.9 Å². The van der Waals surface area contributed by atoms with E-state index in [1.807, 2.05) is 0 Å². The van der Waals surface area contributed by atoms with Crippen molar-refractivity contribution in [3.05, 3.63) is 0 Å². The van der Waals surface area contributed by atoms with Gasteiger partial charge in [-0.3, -0.25) is 0 Å². The van der Waals surface area contributed by atoms with Gasteiger partial charge in [-0.15, -0.1) is 0 Å². The lowest BCUT2D eigenvalue weighted by Gasteiger charge is -2.29. The largest absolute Gasteiger partial charge is 0.316 e. The van der Waals surface area contributed by atoms with Crippen molar-refractivity contribution < 1.29 is 0 Å². The molecule has 0 aromatic carbocycles. The molecule has 90 valence electrons. The van der Waals surface area contributed by atoms with E-state index < -0.39 is 0 Å². The van der Waals surface area contributed by atoms with Gasteiger partial charge in [-0.1, -0.05) is 0 Å². The zero-order valence-electron chi connectivity index (χ0n) is 9.86. The minimum Gasteiger partial charge on any atom is -0.316 e. The van der Waals surface area contributed by atoms with E-state index in [0.29, 0.717) is 0 Å². The van der Waals surface area contributed by atoms with Gasteiger partial charge in [0.2, 0.25) is 0 Å². The Labute approximate surface area is 97.3 Å². The van der Waals surface area contributed by atoms with Gasteiger partial charge in [-0.2, -0.15) is 0 Å². The third-order valence-electron chi connectivity index (χ3n) is 5.11. The Kier molecular flexibility index (Phi) is 2.25. The highest BCUT2D eigenvalue weighted by atomic mass is 15.6. The average Bonchev–Trinajstić information content (AvgIpc) is 2.94. The zero-order valence-corrected chi connectivity index (χ0v) is 9.86. The van der Waals surface area contributed by atoms with Crippen LogP contribution < -0.4 is 10.6 Å². The van der Waals surface area contributed by atoms with E-state index in [2.05, 4.69) is 20.7 Å². The molecule has 0 radical (unpaired) electrons. The molecule has 0 bridgehead atoms. The maximum absolute atomic E-state index is 3.64. The van der Waals surface area contributed by atoms with Gasteiger partial charge in [-0.05, 0) is 43.8 Å². The van der Waals surface area contributed by atoms with Crippen LogP contribution in [0.1, 0.15) is 6.42 Å². The van der Waals surface area contributed by atoms with Crippen molar-refractivity contribution in [1.82, 2.24) is 20.7 Å². The fourth-order valence-electron chi connectivity index (χ4n) is 4.12. The molecule has 0 aliphatic carbocycles. The molecule has 2 N–H and O–H groups in total. The second kappa shape index (κ2) is 3.67. The average molecular weight is 222 g/mol. The predicted molar refractivity (Wildman–Crippen MR) is 62.9 cm³/mol. The summed E-state index contributed by atoms with van der Waals surface area (Å²) in [5.74, 6) is 2.78. The lowest BCUT2D eigenvalue weighted by atomic mass is 10.0. The summed E-state index contributed by atoms with van der Waals surface area (Å²) in [6, 6.07) is 0.790. The number of hydrazine groups is 1. The molecule has 0 aromatic rings. The van der Waals surface area contributed by atoms with Gasteiger partial charge in [0.25, 0.3) is 0 Å². The van der Waals surface area contributed by atoms with Crippen LogP contribution in [0.15, 0.2) is 0 Å². The van der Waals surface area contributed by atoms with E-state index in [4.69, 9.17) is 0 Å². The fourth-order valence-corrected chi connectivity index (χ4v) is 4.12. The predicted octanol–water partition coefficient (Wildman–Crippen LogP) is -0.654. The van der Waals surface area contributed by atoms with Crippen LogP contribution in [0.4, 0.5) is 0 Å². The van der Waals surface area contributed by atoms with E-state index in [-0.39, 0.29) is 0 Å². The first kappa shape index (κ1) is 9.83. The third-order valence-corrected chi connectivity index (χ3v) is 5.11. The SMILES string of the molecule is C1CC2CN(N3CC4CNCC4C3)CC2N1. The van der Waals surface area contributed by atoms with Gasteiger partial charge >= 0.3 is 0 Å². The minimum absolute atomic E-state index is 0.790. The van der Waals surface area contributed by atoms with E-state index in [1.165, 1.54) is 52.2 Å². The Morgan fingerprint density at radius 3 is 2.25 bits per heavy atom. The monoisotopic (exact) mass is 222 g/mol. The fraction of sp³-hybridized carbons (Fsp3) is 1.00. The molecule has 16 heavy (non-hydrogen) atoms. The van der Waals surface area contributed by atoms with E-state index in [0.717, 1.165) is 23.8 Å². The highest BCUT2D eigenvalue weighted by molar-refractivity contribution is 4.96. The Bertz CT molecular complexity index is 230. The molecule has 4 heterocycles. The molecule has 4 nitrogen and oxygen atoms in total. The normalized spacial score (nSPS) is 48.8. The summed E-state index contributed by atoms with van der Waals surface area (Å²) in [5.41, 5.74) is 0. The molecule has 4 aliphatic rings. The number of hydrogen-bond donors (Lipinski definition) is 2. The smallest absolute Gasteiger partial charge is 0.0290 e. The molecule has 4 unspecified atom stereocenters. The standard InChI is InChI=1S/C12H22N4/c1-2-14-12-8-16(5-9(1)12)15-6-10-3-13-4-11(10)7-15/h9-14H,1-8H2. The van der Waals surface area contributed by atoms with Gasteiger partial charge in [0.1, 0.15) is 0 Å². The van der Waals surface area contributed by atoms with E-state index in [9.17, 15) is 0 Å². The summed E-state index contributed by atoms with van der Waals surface area (Å²) in [5, 5.41) is 12.4. The molecule has 4 rings (SSSR count). The summed E-state index contributed by atoms with van der Waals surface area (Å²) < 4.78 is 0. The van der Waals surface area contributed by atoms with Gasteiger partial charge in [0.15, 0.2) is 0 Å². The number of hydrogen-bond acceptors (Lipinski definition) is 4. The van der Waals surface area contributed by atoms with Crippen molar-refractivity contribution in [2.45, 2.75) is 12.5 Å². The molecular formula is C12H22N4. The zero-order chi connectivity index (χ0) is 10.5. The minimum atomic E-state index is 0.790. The van der Waals surface area contributed by atoms with Crippen LogP contribution in [0.2, 0.25) is 0 Å². The molecule has 4 aliphatic heterocycles. The summed E-state index contributed by atoms with van der Waals surface area (Å²) in [4.78, 5) is 0. The Balaban J connectivity index is 1.41. The molecular weight excluding hydrogens is 200 g/mol. The Morgan fingerprint density at radius 1 is 0.812 bits per heavy atom. The van der Waals surface area contributed by atoms with Gasteiger partial charge in [-0.25, -0.2) is 10.0 Å². The topological polar surface area (TPSA) is 30.5 Å². The second-order valence-electron chi connectivity index (χ2n) is 6.03. The highest BCUT2D eigenvalue weighted by Crippen LogP contribution is 2.32. The van der Waals surface area contributed by atoms with Crippen LogP contribution in [0.5, 0.6) is 0 Å². The van der Waals surface area contributed by atoms with Crippen molar-refractivity contribution in [1.29, 1.82) is 0 Å². The van der Waals surface area contributed by atoms with Crippen LogP contribution >= 0.6 is 0 Å². The molecule has 4 fully saturated rings. The molecule has 0 saturated carbocycles. The molecule has 4 atom stereocenters. The van der Waals surface area contributed by atoms with E-state index >= 15 is 0 Å². The molecule has 0 aromatic heterocycles. The number of nitrogens with zero attached hydrogens (tertiary/aromatic N) is 2. The maximum Gasteiger partial charge on any atom is 0.0290 e. The first-order valence-corrected chi connectivity index (χ1v) is 6.84. The lowest BCUT2D eigenvalue weighted by molar-refractivity contribution is 0.00756. The highest BCUT2D eigenvalue weighted by Gasteiger charge is 2.43. The van der Waals surface area contributed by atoms with Crippen LogP contribution in [-0.2, 0) is 0 Å². The molecule has 0 amide bonds. The lowest BCUT2D eigenvalue weighted by Crippen LogP contribution is -2.43. The van der Waals surface area contributed by atoms with Gasteiger partial charge in [0.05, 0.1) is 0 Å². The molecule has 4 saturated heterocycles.